The minimum absolute atomic E-state index is 0.630. The van der Waals surface area contributed by atoms with Gasteiger partial charge in [0.25, 0.3) is 0 Å². The Bertz CT molecular complexity index is 516. The Morgan fingerprint density at radius 1 is 1.10 bits per heavy atom. The van der Waals surface area contributed by atoms with Gasteiger partial charge in [0.05, 0.1) is 13.1 Å². The van der Waals surface area contributed by atoms with Gasteiger partial charge in [-0.25, -0.2) is 4.68 Å². The van der Waals surface area contributed by atoms with E-state index in [4.69, 9.17) is 0 Å². The minimum atomic E-state index is 0.630. The largest absolute Gasteiger partial charge is 0.307 e. The molecule has 0 amide bonds. The second kappa shape index (κ2) is 6.61. The lowest BCUT2D eigenvalue weighted by molar-refractivity contribution is 0.366. The Hall–Kier alpha value is -1.75. The Morgan fingerprint density at radius 2 is 1.90 bits per heavy atom. The van der Waals surface area contributed by atoms with E-state index in [2.05, 4.69) is 33.0 Å². The van der Waals surface area contributed by atoms with Crippen LogP contribution in [0.4, 0.5) is 0 Å². The van der Waals surface area contributed by atoms with E-state index in [1.165, 1.54) is 37.7 Å². The van der Waals surface area contributed by atoms with Crippen molar-refractivity contribution in [1.29, 1.82) is 0 Å². The molecule has 1 aromatic heterocycles. The number of nitrogens with one attached hydrogen (secondary N) is 1. The number of benzene rings is 1. The molecule has 1 heterocycles. The fourth-order valence-corrected chi connectivity index (χ4v) is 2.77. The quantitative estimate of drug-likeness (QED) is 0.905. The van der Waals surface area contributed by atoms with Crippen LogP contribution in [0.15, 0.2) is 30.3 Å². The molecule has 0 radical (unpaired) electrons. The maximum absolute atomic E-state index is 4.14. The molecule has 5 nitrogen and oxygen atoms in total. The Balaban J connectivity index is 1.58. The van der Waals surface area contributed by atoms with Crippen molar-refractivity contribution in [2.75, 3.05) is 0 Å². The molecule has 106 valence electrons. The Labute approximate surface area is 119 Å². The van der Waals surface area contributed by atoms with Gasteiger partial charge in [0, 0.05) is 6.04 Å². The van der Waals surface area contributed by atoms with Crippen molar-refractivity contribution in [2.24, 2.45) is 0 Å². The summed E-state index contributed by atoms with van der Waals surface area (Å²) in [4.78, 5) is 0. The number of nitrogens with zero attached hydrogens (tertiary/aromatic N) is 4. The average molecular weight is 271 g/mol. The van der Waals surface area contributed by atoms with Gasteiger partial charge in [0.1, 0.15) is 0 Å². The van der Waals surface area contributed by atoms with E-state index in [9.17, 15) is 0 Å². The van der Waals surface area contributed by atoms with Crippen molar-refractivity contribution in [2.45, 2.75) is 51.2 Å². The fourth-order valence-electron chi connectivity index (χ4n) is 2.77. The van der Waals surface area contributed by atoms with E-state index in [-0.39, 0.29) is 0 Å². The summed E-state index contributed by atoms with van der Waals surface area (Å²) in [5, 5.41) is 15.6. The summed E-state index contributed by atoms with van der Waals surface area (Å²) < 4.78 is 1.88. The number of rotatable bonds is 5. The standard InChI is InChI=1S/C15H21N5/c1-3-7-13(8-4-1)12-20-15(17-18-19-20)11-16-14-9-5-2-6-10-14/h1,3-4,7-8,14,16H,2,5-6,9-12H2. The first-order valence-electron chi connectivity index (χ1n) is 7.44. The summed E-state index contributed by atoms with van der Waals surface area (Å²) in [6.45, 7) is 1.49. The van der Waals surface area contributed by atoms with Crippen LogP contribution in [-0.2, 0) is 13.1 Å². The van der Waals surface area contributed by atoms with E-state index >= 15 is 0 Å². The van der Waals surface area contributed by atoms with E-state index < -0.39 is 0 Å². The molecule has 1 aromatic carbocycles. The molecule has 1 aliphatic carbocycles. The van der Waals surface area contributed by atoms with E-state index in [0.29, 0.717) is 6.04 Å². The zero-order chi connectivity index (χ0) is 13.6. The first-order valence-corrected chi connectivity index (χ1v) is 7.44. The first kappa shape index (κ1) is 13.2. The number of hydrogen-bond acceptors (Lipinski definition) is 4. The summed E-state index contributed by atoms with van der Waals surface area (Å²) in [5.41, 5.74) is 1.22. The van der Waals surface area contributed by atoms with E-state index in [1.807, 2.05) is 22.9 Å². The van der Waals surface area contributed by atoms with Crippen LogP contribution in [0.25, 0.3) is 0 Å². The molecule has 0 saturated heterocycles. The van der Waals surface area contributed by atoms with E-state index in [1.54, 1.807) is 0 Å². The lowest BCUT2D eigenvalue weighted by Gasteiger charge is -2.22. The first-order chi connectivity index (χ1) is 9.92. The molecule has 1 aliphatic rings. The Kier molecular flexibility index (Phi) is 4.38. The van der Waals surface area contributed by atoms with Gasteiger partial charge in [-0.2, -0.15) is 0 Å². The van der Waals surface area contributed by atoms with Crippen molar-refractivity contribution >= 4 is 0 Å². The van der Waals surface area contributed by atoms with Crippen LogP contribution in [0.1, 0.15) is 43.5 Å². The molecule has 0 atom stereocenters. The summed E-state index contributed by atoms with van der Waals surface area (Å²) in [6.07, 6.45) is 6.61. The van der Waals surface area contributed by atoms with Crippen molar-refractivity contribution in [1.82, 2.24) is 25.5 Å². The second-order valence-corrected chi connectivity index (χ2v) is 5.45. The van der Waals surface area contributed by atoms with Crippen LogP contribution in [-0.4, -0.2) is 26.2 Å². The van der Waals surface area contributed by atoms with Gasteiger partial charge in [-0.05, 0) is 28.8 Å². The normalized spacial score (nSPS) is 16.4. The molecule has 1 saturated carbocycles. The Morgan fingerprint density at radius 3 is 2.70 bits per heavy atom. The summed E-state index contributed by atoms with van der Waals surface area (Å²) in [5.74, 6) is 0.916. The predicted molar refractivity (Wildman–Crippen MR) is 77.1 cm³/mol. The highest BCUT2D eigenvalue weighted by Crippen LogP contribution is 2.17. The lowest BCUT2D eigenvalue weighted by Crippen LogP contribution is -2.31. The molecule has 20 heavy (non-hydrogen) atoms. The van der Waals surface area contributed by atoms with Crippen molar-refractivity contribution in [3.63, 3.8) is 0 Å². The van der Waals surface area contributed by atoms with E-state index in [0.717, 1.165) is 18.9 Å². The van der Waals surface area contributed by atoms with Crippen LogP contribution >= 0.6 is 0 Å². The number of tetrazole rings is 1. The average Bonchev–Trinajstić information content (AvgIpc) is 2.94. The summed E-state index contributed by atoms with van der Waals surface area (Å²) >= 11 is 0. The van der Waals surface area contributed by atoms with Gasteiger partial charge in [-0.1, -0.05) is 49.6 Å². The summed E-state index contributed by atoms with van der Waals surface area (Å²) in [6, 6.07) is 10.9. The molecule has 3 rings (SSSR count). The SMILES string of the molecule is c1ccc(Cn2nnnc2CNC2CCCCC2)cc1. The van der Waals surface area contributed by atoms with Crippen LogP contribution in [0, 0.1) is 0 Å². The molecule has 1 fully saturated rings. The third kappa shape index (κ3) is 3.42. The highest BCUT2D eigenvalue weighted by molar-refractivity contribution is 5.14. The third-order valence-corrected chi connectivity index (χ3v) is 3.94. The highest BCUT2D eigenvalue weighted by atomic mass is 15.5. The number of hydrogen-bond donors (Lipinski definition) is 1. The maximum Gasteiger partial charge on any atom is 0.165 e. The van der Waals surface area contributed by atoms with Gasteiger partial charge in [0.15, 0.2) is 5.82 Å². The third-order valence-electron chi connectivity index (χ3n) is 3.94. The smallest absolute Gasteiger partial charge is 0.165 e. The monoisotopic (exact) mass is 271 g/mol. The van der Waals surface area contributed by atoms with Gasteiger partial charge >= 0.3 is 0 Å². The summed E-state index contributed by atoms with van der Waals surface area (Å²) in [7, 11) is 0. The zero-order valence-electron chi connectivity index (χ0n) is 11.7. The molecule has 5 heteroatoms. The maximum atomic E-state index is 4.14. The molecule has 2 aromatic rings. The minimum Gasteiger partial charge on any atom is -0.307 e. The molecule has 1 N–H and O–H groups in total. The lowest BCUT2D eigenvalue weighted by atomic mass is 9.95. The van der Waals surface area contributed by atoms with Crippen LogP contribution in [0.5, 0.6) is 0 Å². The van der Waals surface area contributed by atoms with Gasteiger partial charge in [-0.15, -0.1) is 5.10 Å². The molecule has 0 bridgehead atoms. The zero-order valence-corrected chi connectivity index (χ0v) is 11.7. The number of aromatic nitrogens is 4. The van der Waals surface area contributed by atoms with Crippen molar-refractivity contribution in [3.05, 3.63) is 41.7 Å². The van der Waals surface area contributed by atoms with Crippen LogP contribution in [0.3, 0.4) is 0 Å². The molecule has 0 aliphatic heterocycles. The van der Waals surface area contributed by atoms with Crippen LogP contribution < -0.4 is 5.32 Å². The fraction of sp³-hybridized carbons (Fsp3) is 0.533. The van der Waals surface area contributed by atoms with Crippen molar-refractivity contribution in [3.8, 4) is 0 Å². The highest BCUT2D eigenvalue weighted by Gasteiger charge is 2.14. The van der Waals surface area contributed by atoms with Gasteiger partial charge in [0.2, 0.25) is 0 Å². The molecule has 0 spiro atoms. The molecule has 0 unspecified atom stereocenters. The topological polar surface area (TPSA) is 55.6 Å². The van der Waals surface area contributed by atoms with Gasteiger partial charge in [-0.3, -0.25) is 0 Å². The van der Waals surface area contributed by atoms with Crippen molar-refractivity contribution < 1.29 is 0 Å². The van der Waals surface area contributed by atoms with Gasteiger partial charge < -0.3 is 5.32 Å². The molecular formula is C15H21N5. The molecular weight excluding hydrogens is 250 g/mol. The second-order valence-electron chi connectivity index (χ2n) is 5.45. The predicted octanol–water partition coefficient (Wildman–Crippen LogP) is 2.14. The van der Waals surface area contributed by atoms with Crippen LogP contribution in [0.2, 0.25) is 0 Å².